The van der Waals surface area contributed by atoms with E-state index in [1.54, 1.807) is 6.07 Å². The summed E-state index contributed by atoms with van der Waals surface area (Å²) in [7, 11) is 0. The summed E-state index contributed by atoms with van der Waals surface area (Å²) in [6.07, 6.45) is 3.21. The van der Waals surface area contributed by atoms with E-state index in [0.717, 1.165) is 37.0 Å². The van der Waals surface area contributed by atoms with Crippen LogP contribution in [0.1, 0.15) is 33.5 Å². The SMILES string of the molecule is O=C(O)c1cn2c3c(cc(OCCN(Cc4ccccc4)Cc4ccccc4)cc3c1=O)CCC2.[NaH]. The molecule has 0 atom stereocenters. The van der Waals surface area contributed by atoms with E-state index in [1.165, 1.54) is 17.3 Å². The van der Waals surface area contributed by atoms with Crippen molar-refractivity contribution in [3.63, 3.8) is 0 Å². The second kappa shape index (κ2) is 11.9. The number of hydrogen-bond donors (Lipinski definition) is 1. The molecule has 0 aliphatic carbocycles. The third-order valence-electron chi connectivity index (χ3n) is 6.47. The summed E-state index contributed by atoms with van der Waals surface area (Å²) in [5.41, 5.74) is 3.68. The molecule has 36 heavy (non-hydrogen) atoms. The molecule has 7 heteroatoms. The molecule has 1 aliphatic rings. The van der Waals surface area contributed by atoms with Crippen molar-refractivity contribution in [2.45, 2.75) is 32.5 Å². The van der Waals surface area contributed by atoms with Crippen molar-refractivity contribution in [3.05, 3.63) is 111 Å². The monoisotopic (exact) mass is 492 g/mol. The van der Waals surface area contributed by atoms with Crippen LogP contribution >= 0.6 is 0 Å². The summed E-state index contributed by atoms with van der Waals surface area (Å²) in [5, 5.41) is 9.92. The molecule has 1 aromatic heterocycles. The number of rotatable bonds is 9. The van der Waals surface area contributed by atoms with E-state index in [-0.39, 0.29) is 35.1 Å². The molecular formula is C29H29N2NaO4. The molecule has 3 aromatic carbocycles. The van der Waals surface area contributed by atoms with Gasteiger partial charge in [-0.3, -0.25) is 9.69 Å². The Balaban J connectivity index is 0.00000304. The molecule has 0 bridgehead atoms. The number of ether oxygens (including phenoxy) is 1. The van der Waals surface area contributed by atoms with Gasteiger partial charge in [0.05, 0.1) is 10.9 Å². The van der Waals surface area contributed by atoms with Gasteiger partial charge in [0.15, 0.2) is 0 Å². The van der Waals surface area contributed by atoms with Crippen LogP contribution in [0.2, 0.25) is 0 Å². The van der Waals surface area contributed by atoms with Crippen molar-refractivity contribution in [1.82, 2.24) is 9.47 Å². The predicted molar refractivity (Wildman–Crippen MR) is 143 cm³/mol. The van der Waals surface area contributed by atoms with Gasteiger partial charge in [-0.15, -0.1) is 0 Å². The van der Waals surface area contributed by atoms with Crippen LogP contribution < -0.4 is 10.2 Å². The molecule has 0 saturated carbocycles. The second-order valence-electron chi connectivity index (χ2n) is 8.98. The number of aromatic carboxylic acids is 1. The maximum atomic E-state index is 12.9. The van der Waals surface area contributed by atoms with E-state index >= 15 is 0 Å². The van der Waals surface area contributed by atoms with Crippen molar-refractivity contribution in [2.75, 3.05) is 13.2 Å². The van der Waals surface area contributed by atoms with Gasteiger partial charge in [-0.25, -0.2) is 4.79 Å². The summed E-state index contributed by atoms with van der Waals surface area (Å²) in [5.74, 6) is -0.587. The van der Waals surface area contributed by atoms with Crippen molar-refractivity contribution in [3.8, 4) is 5.75 Å². The van der Waals surface area contributed by atoms with Crippen molar-refractivity contribution >= 4 is 46.4 Å². The number of benzene rings is 3. The Morgan fingerprint density at radius 1 is 0.972 bits per heavy atom. The molecule has 0 radical (unpaired) electrons. The van der Waals surface area contributed by atoms with E-state index in [4.69, 9.17) is 4.74 Å². The van der Waals surface area contributed by atoms with Crippen LogP contribution in [0, 0.1) is 0 Å². The van der Waals surface area contributed by atoms with Gasteiger partial charge in [-0.1, -0.05) is 60.7 Å². The van der Waals surface area contributed by atoms with E-state index in [9.17, 15) is 14.7 Å². The first-order valence-electron chi connectivity index (χ1n) is 11.9. The Morgan fingerprint density at radius 2 is 1.61 bits per heavy atom. The van der Waals surface area contributed by atoms with Crippen molar-refractivity contribution < 1.29 is 14.6 Å². The molecular weight excluding hydrogens is 463 g/mol. The number of carboxylic acid groups (broad SMARTS) is 1. The summed E-state index contributed by atoms with van der Waals surface area (Å²) < 4.78 is 8.04. The number of hydrogen-bond acceptors (Lipinski definition) is 4. The van der Waals surface area contributed by atoms with Gasteiger partial charge < -0.3 is 14.4 Å². The number of nitrogens with zero attached hydrogens (tertiary/aromatic N) is 2. The van der Waals surface area contributed by atoms with Gasteiger partial charge in [0, 0.05) is 32.4 Å². The molecule has 1 N–H and O–H groups in total. The number of aryl methyl sites for hydroxylation is 2. The Kier molecular flexibility index (Phi) is 8.64. The molecule has 0 saturated heterocycles. The average molecular weight is 493 g/mol. The zero-order valence-electron chi connectivity index (χ0n) is 19.5. The average Bonchev–Trinajstić information content (AvgIpc) is 2.87. The number of carboxylic acids is 1. The number of carbonyl (C=O) groups is 1. The topological polar surface area (TPSA) is 71.8 Å². The zero-order valence-corrected chi connectivity index (χ0v) is 19.5. The first kappa shape index (κ1) is 26.2. The standard InChI is InChI=1S/C29H28N2O4.Na.H/c32-28-25-17-24(16-23-12-7-13-31(27(23)25)20-26(28)29(33)34)35-15-14-30(18-21-8-3-1-4-9-21)19-22-10-5-2-6-11-22;;/h1-6,8-11,16-17,20H,7,12-15,18-19H2,(H,33,34);;. The van der Waals surface area contributed by atoms with Crippen LogP contribution in [0.3, 0.4) is 0 Å². The van der Waals surface area contributed by atoms with Gasteiger partial charge in [0.1, 0.15) is 17.9 Å². The fourth-order valence-corrected chi connectivity index (χ4v) is 4.83. The van der Waals surface area contributed by atoms with Crippen LogP contribution in [0.5, 0.6) is 5.75 Å². The van der Waals surface area contributed by atoms with Crippen molar-refractivity contribution in [2.24, 2.45) is 0 Å². The molecule has 6 nitrogen and oxygen atoms in total. The maximum absolute atomic E-state index is 12.9. The molecule has 0 fully saturated rings. The van der Waals surface area contributed by atoms with Crippen LogP contribution in [0.25, 0.3) is 10.9 Å². The molecule has 0 amide bonds. The molecule has 4 aromatic rings. The van der Waals surface area contributed by atoms with Gasteiger partial charge in [-0.2, -0.15) is 0 Å². The van der Waals surface area contributed by atoms with Crippen LogP contribution in [-0.4, -0.2) is 63.3 Å². The Morgan fingerprint density at radius 3 is 2.22 bits per heavy atom. The van der Waals surface area contributed by atoms with E-state index in [2.05, 4.69) is 29.2 Å². The zero-order chi connectivity index (χ0) is 24.2. The van der Waals surface area contributed by atoms with Gasteiger partial charge in [0.2, 0.25) is 5.43 Å². The third-order valence-corrected chi connectivity index (χ3v) is 6.47. The predicted octanol–water partition coefficient (Wildman–Crippen LogP) is 4.08. The summed E-state index contributed by atoms with van der Waals surface area (Å²) in [6, 6.07) is 24.4. The van der Waals surface area contributed by atoms with Crippen molar-refractivity contribution in [1.29, 1.82) is 0 Å². The summed E-state index contributed by atoms with van der Waals surface area (Å²) in [4.78, 5) is 26.9. The van der Waals surface area contributed by atoms with Gasteiger partial charge >= 0.3 is 35.5 Å². The molecule has 1 aliphatic heterocycles. The van der Waals surface area contributed by atoms with E-state index in [1.807, 2.05) is 47.0 Å². The molecule has 0 spiro atoms. The fraction of sp³-hybridized carbons (Fsp3) is 0.241. The second-order valence-corrected chi connectivity index (χ2v) is 8.98. The fourth-order valence-electron chi connectivity index (χ4n) is 4.83. The minimum atomic E-state index is -1.20. The Bertz CT molecular complexity index is 1360. The number of aromatic nitrogens is 1. The van der Waals surface area contributed by atoms with Gasteiger partial charge in [0.25, 0.3) is 0 Å². The number of pyridine rings is 1. The molecule has 180 valence electrons. The van der Waals surface area contributed by atoms with Crippen LogP contribution in [0.4, 0.5) is 0 Å². The molecule has 2 heterocycles. The van der Waals surface area contributed by atoms with E-state index in [0.29, 0.717) is 30.8 Å². The van der Waals surface area contributed by atoms with Crippen LogP contribution in [-0.2, 0) is 26.1 Å². The first-order valence-corrected chi connectivity index (χ1v) is 11.9. The van der Waals surface area contributed by atoms with Crippen LogP contribution in [0.15, 0.2) is 83.8 Å². The minimum absolute atomic E-state index is 0. The summed E-state index contributed by atoms with van der Waals surface area (Å²) >= 11 is 0. The normalized spacial score (nSPS) is 12.4. The third kappa shape index (κ3) is 5.90. The van der Waals surface area contributed by atoms with E-state index < -0.39 is 11.4 Å². The molecule has 0 unspecified atom stereocenters. The Hall–Kier alpha value is -2.90. The van der Waals surface area contributed by atoms with Gasteiger partial charge in [-0.05, 0) is 41.7 Å². The quantitative estimate of drug-likeness (QED) is 0.357. The summed E-state index contributed by atoms with van der Waals surface area (Å²) in [6.45, 7) is 3.47. The Labute approximate surface area is 232 Å². The first-order chi connectivity index (χ1) is 17.1. The molecule has 5 rings (SSSR count).